The lowest BCUT2D eigenvalue weighted by Gasteiger charge is -2.38. The molecule has 0 aliphatic carbocycles. The Bertz CT molecular complexity index is 344. The van der Waals surface area contributed by atoms with Gasteiger partial charge in [-0.15, -0.1) is 0 Å². The highest BCUT2D eigenvalue weighted by molar-refractivity contribution is 5.16. The molecule has 1 aromatic carbocycles. The topological polar surface area (TPSA) is 57.5 Å². The van der Waals surface area contributed by atoms with E-state index < -0.39 is 0 Å². The maximum atomic E-state index is 6.85. The molecule has 0 spiro atoms. The van der Waals surface area contributed by atoms with Gasteiger partial charge in [0, 0.05) is 5.54 Å². The van der Waals surface area contributed by atoms with E-state index in [0.29, 0.717) is 5.92 Å². The summed E-state index contributed by atoms with van der Waals surface area (Å²) in [6.45, 7) is 6.80. The van der Waals surface area contributed by atoms with Gasteiger partial charge in [-0.25, -0.2) is 0 Å². The molecule has 0 heterocycles. The molecule has 0 radical (unpaired) electrons. The van der Waals surface area contributed by atoms with Gasteiger partial charge < -0.3 is 11.2 Å². The number of hydrogen-bond acceptors (Lipinski definition) is 1. The molecule has 0 amide bonds. The van der Waals surface area contributed by atoms with Crippen LogP contribution in [0.3, 0.4) is 0 Å². The highest BCUT2D eigenvalue weighted by Gasteiger charge is 2.32. The Kier molecular flexibility index (Phi) is 10.4. The third-order valence-corrected chi connectivity index (χ3v) is 4.48. The minimum atomic E-state index is 0. The monoisotopic (exact) mass is 293 g/mol. The molecule has 0 aliphatic rings. The van der Waals surface area contributed by atoms with Crippen LogP contribution in [0.25, 0.3) is 0 Å². The second-order valence-electron chi connectivity index (χ2n) is 6.26. The molecule has 21 heavy (non-hydrogen) atoms. The first-order valence-corrected chi connectivity index (χ1v) is 8.49. The van der Waals surface area contributed by atoms with Gasteiger partial charge in [-0.05, 0) is 37.2 Å². The summed E-state index contributed by atoms with van der Waals surface area (Å²) in [5.74, 6) is 0.616. The molecule has 0 fully saturated rings. The van der Waals surface area contributed by atoms with Crippen LogP contribution >= 0.6 is 0 Å². The van der Waals surface area contributed by atoms with Gasteiger partial charge in [0.25, 0.3) is 0 Å². The van der Waals surface area contributed by atoms with Crippen molar-refractivity contribution in [2.24, 2.45) is 11.7 Å². The van der Waals surface area contributed by atoms with E-state index in [4.69, 9.17) is 5.73 Å². The number of rotatable bonds is 10. The summed E-state index contributed by atoms with van der Waals surface area (Å²) in [6.07, 6.45) is 9.65. The zero-order valence-electron chi connectivity index (χ0n) is 14.2. The highest BCUT2D eigenvalue weighted by Crippen LogP contribution is 2.32. The Morgan fingerprint density at radius 3 is 2.00 bits per heavy atom. The van der Waals surface area contributed by atoms with Gasteiger partial charge >= 0.3 is 0 Å². The summed E-state index contributed by atoms with van der Waals surface area (Å²) in [5.41, 5.74) is 8.31. The molecule has 122 valence electrons. The van der Waals surface area contributed by atoms with Crippen molar-refractivity contribution in [3.05, 3.63) is 35.9 Å². The number of unbranched alkanes of at least 4 members (excludes halogenated alkanes) is 1. The van der Waals surface area contributed by atoms with Gasteiger partial charge in [0.15, 0.2) is 0 Å². The largest absolute Gasteiger partial charge is 0.412 e. The summed E-state index contributed by atoms with van der Waals surface area (Å²) in [4.78, 5) is 0. The van der Waals surface area contributed by atoms with Crippen LogP contribution < -0.4 is 5.73 Å². The van der Waals surface area contributed by atoms with E-state index in [9.17, 15) is 0 Å². The molecule has 1 unspecified atom stereocenters. The van der Waals surface area contributed by atoms with E-state index in [1.165, 1.54) is 37.7 Å². The Morgan fingerprint density at radius 1 is 0.952 bits per heavy atom. The number of nitrogens with two attached hydrogens (primary N) is 1. The minimum Gasteiger partial charge on any atom is -0.412 e. The zero-order valence-corrected chi connectivity index (χ0v) is 14.2. The Balaban J connectivity index is 0.00000400. The molecule has 4 N–H and O–H groups in total. The van der Waals surface area contributed by atoms with E-state index in [0.717, 1.165) is 19.3 Å². The summed E-state index contributed by atoms with van der Waals surface area (Å²) >= 11 is 0. The molecule has 0 saturated carbocycles. The van der Waals surface area contributed by atoms with Gasteiger partial charge in [-0.1, -0.05) is 76.8 Å². The van der Waals surface area contributed by atoms with Crippen LogP contribution in [0.15, 0.2) is 30.3 Å². The van der Waals surface area contributed by atoms with Crippen molar-refractivity contribution >= 4 is 0 Å². The molecule has 1 rings (SSSR count). The van der Waals surface area contributed by atoms with Gasteiger partial charge in [0.05, 0.1) is 0 Å². The first-order valence-electron chi connectivity index (χ1n) is 8.49. The molecular weight excluding hydrogens is 258 g/mol. The Labute approximate surface area is 131 Å². The third-order valence-electron chi connectivity index (χ3n) is 4.48. The predicted octanol–water partition coefficient (Wildman–Crippen LogP) is 4.51. The number of benzene rings is 1. The van der Waals surface area contributed by atoms with Crippen molar-refractivity contribution in [3.63, 3.8) is 0 Å². The van der Waals surface area contributed by atoms with Crippen molar-refractivity contribution in [2.45, 2.75) is 77.7 Å². The molecule has 2 nitrogen and oxygen atoms in total. The zero-order chi connectivity index (χ0) is 14.8. The molecule has 0 bridgehead atoms. The summed E-state index contributed by atoms with van der Waals surface area (Å²) in [6, 6.07) is 10.9. The molecule has 1 aromatic rings. The molecule has 0 saturated heterocycles. The maximum absolute atomic E-state index is 6.85. The van der Waals surface area contributed by atoms with E-state index >= 15 is 0 Å². The lowest BCUT2D eigenvalue weighted by atomic mass is 9.73. The van der Waals surface area contributed by atoms with Crippen LogP contribution in [-0.4, -0.2) is 11.0 Å². The fourth-order valence-electron chi connectivity index (χ4n) is 3.41. The van der Waals surface area contributed by atoms with Crippen LogP contribution in [0.4, 0.5) is 0 Å². The standard InChI is InChI=1S/C19H33N.H2O/c1-4-7-13-18(16-17-11-9-8-10-12-17)19(20,14-5-2)15-6-3;/h8-12,18H,4-7,13-16,20H2,1-3H3;1H2. The summed E-state index contributed by atoms with van der Waals surface area (Å²) < 4.78 is 0. The third kappa shape index (κ3) is 6.62. The van der Waals surface area contributed by atoms with Crippen molar-refractivity contribution in [1.82, 2.24) is 0 Å². The van der Waals surface area contributed by atoms with Crippen LogP contribution in [0.5, 0.6) is 0 Å². The van der Waals surface area contributed by atoms with E-state index in [1.807, 2.05) is 0 Å². The molecule has 2 heteroatoms. The van der Waals surface area contributed by atoms with Gasteiger partial charge in [0.1, 0.15) is 0 Å². The molecule has 0 aromatic heterocycles. The van der Waals surface area contributed by atoms with Gasteiger partial charge in [-0.2, -0.15) is 0 Å². The molecule has 1 atom stereocenters. The van der Waals surface area contributed by atoms with Crippen molar-refractivity contribution in [2.75, 3.05) is 0 Å². The average Bonchev–Trinajstić information content (AvgIpc) is 2.45. The SMILES string of the molecule is CCCCC(Cc1ccccc1)C(N)(CCC)CCC.O. The smallest absolute Gasteiger partial charge is 0.0185 e. The maximum Gasteiger partial charge on any atom is 0.0185 e. The second kappa shape index (κ2) is 10.8. The lowest BCUT2D eigenvalue weighted by molar-refractivity contribution is 0.212. The van der Waals surface area contributed by atoms with Crippen LogP contribution in [0, 0.1) is 5.92 Å². The first kappa shape index (κ1) is 20.1. The molecule has 0 aliphatic heterocycles. The van der Waals surface area contributed by atoms with E-state index in [1.54, 1.807) is 0 Å². The Hall–Kier alpha value is -0.860. The van der Waals surface area contributed by atoms with Crippen molar-refractivity contribution < 1.29 is 5.48 Å². The normalized spacial score (nSPS) is 12.8. The number of hydrogen-bond donors (Lipinski definition) is 1. The van der Waals surface area contributed by atoms with Crippen molar-refractivity contribution in [1.29, 1.82) is 0 Å². The van der Waals surface area contributed by atoms with E-state index in [-0.39, 0.29) is 11.0 Å². The predicted molar refractivity (Wildman–Crippen MR) is 93.5 cm³/mol. The average molecular weight is 293 g/mol. The fourth-order valence-corrected chi connectivity index (χ4v) is 3.41. The van der Waals surface area contributed by atoms with Gasteiger partial charge in [-0.3, -0.25) is 0 Å². The Morgan fingerprint density at radius 2 is 1.52 bits per heavy atom. The van der Waals surface area contributed by atoms with Crippen LogP contribution in [0.1, 0.15) is 71.3 Å². The fraction of sp³-hybridized carbons (Fsp3) is 0.684. The minimum absolute atomic E-state index is 0. The van der Waals surface area contributed by atoms with Crippen molar-refractivity contribution in [3.8, 4) is 0 Å². The highest BCUT2D eigenvalue weighted by atomic mass is 16.0. The lowest BCUT2D eigenvalue weighted by Crippen LogP contribution is -2.48. The van der Waals surface area contributed by atoms with E-state index in [2.05, 4.69) is 51.1 Å². The first-order chi connectivity index (χ1) is 9.66. The van der Waals surface area contributed by atoms with Gasteiger partial charge in [0.2, 0.25) is 0 Å². The molecular formula is C19H35NO. The quantitative estimate of drug-likeness (QED) is 0.678. The summed E-state index contributed by atoms with van der Waals surface area (Å²) in [7, 11) is 0. The summed E-state index contributed by atoms with van der Waals surface area (Å²) in [5, 5.41) is 0. The second-order valence-corrected chi connectivity index (χ2v) is 6.26. The van der Waals surface area contributed by atoms with Crippen LogP contribution in [-0.2, 0) is 6.42 Å². The van der Waals surface area contributed by atoms with Crippen LogP contribution in [0.2, 0.25) is 0 Å².